The van der Waals surface area contributed by atoms with Gasteiger partial charge in [-0.3, -0.25) is 0 Å². The molecule has 0 radical (unpaired) electrons. The van der Waals surface area contributed by atoms with Crippen LogP contribution in [0, 0.1) is 0 Å². The van der Waals surface area contributed by atoms with E-state index < -0.39 is 62.1 Å². The van der Waals surface area contributed by atoms with Crippen LogP contribution in [-0.2, 0) is 19.2 Å². The van der Waals surface area contributed by atoms with Crippen molar-refractivity contribution in [1.29, 1.82) is 0 Å². The highest BCUT2D eigenvalue weighted by molar-refractivity contribution is 5.69. The van der Waals surface area contributed by atoms with E-state index in [2.05, 4.69) is 0 Å². The average molecular weight is 631 g/mol. The normalized spacial score (nSPS) is 10.7. The molecule has 4 rings (SSSR count). The SMILES string of the molecule is O=C(O)COc1ccc(C(c2ccc(OCC(=O)O)cc2)C(c2ccc(OCC(=O)O)cc2)c2ccc(OCC(=O)O)cc2)cc1. The van der Waals surface area contributed by atoms with E-state index in [0.717, 1.165) is 22.3 Å². The second-order valence-electron chi connectivity index (χ2n) is 9.96. The summed E-state index contributed by atoms with van der Waals surface area (Å²) in [6, 6.07) is 27.9. The molecule has 0 aliphatic heterocycles. The van der Waals surface area contributed by atoms with Gasteiger partial charge in [-0.05, 0) is 70.8 Å². The minimum Gasteiger partial charge on any atom is -0.482 e. The highest BCUT2D eigenvalue weighted by Crippen LogP contribution is 2.44. The van der Waals surface area contributed by atoms with Crippen molar-refractivity contribution in [3.63, 3.8) is 0 Å². The lowest BCUT2D eigenvalue weighted by Crippen LogP contribution is -2.16. The standard InChI is InChI=1S/C34H30O12/c35-29(36)17-43-25-9-1-21(2-10-25)33(22-3-11-26(12-4-22)44-18-30(37)38)34(23-5-13-27(14-6-23)45-19-31(39)40)24-7-15-28(16-8-24)46-20-32(41)42/h1-16,33-34H,17-20H2,(H,35,36)(H,37,38)(H,39,40)(H,41,42). The Hall–Kier alpha value is -6.04. The van der Waals surface area contributed by atoms with E-state index in [1.807, 2.05) is 48.5 Å². The maximum Gasteiger partial charge on any atom is 0.341 e. The summed E-state index contributed by atoms with van der Waals surface area (Å²) in [7, 11) is 0. The van der Waals surface area contributed by atoms with E-state index in [1.165, 1.54) is 0 Å². The zero-order chi connectivity index (χ0) is 33.1. The third-order valence-corrected chi connectivity index (χ3v) is 6.74. The summed E-state index contributed by atoms with van der Waals surface area (Å²) in [5.41, 5.74) is 3.29. The molecule has 0 saturated carbocycles. The van der Waals surface area contributed by atoms with Gasteiger partial charge < -0.3 is 39.4 Å². The van der Waals surface area contributed by atoms with Gasteiger partial charge >= 0.3 is 23.9 Å². The van der Waals surface area contributed by atoms with Crippen LogP contribution in [0.25, 0.3) is 0 Å². The summed E-state index contributed by atoms with van der Waals surface area (Å²) in [6.45, 7) is -2.02. The fourth-order valence-corrected chi connectivity index (χ4v) is 4.82. The monoisotopic (exact) mass is 630 g/mol. The lowest BCUT2D eigenvalue weighted by atomic mass is 9.73. The molecule has 238 valence electrons. The van der Waals surface area contributed by atoms with Crippen molar-refractivity contribution in [1.82, 2.24) is 0 Å². The number of carboxylic acid groups (broad SMARTS) is 4. The fourth-order valence-electron chi connectivity index (χ4n) is 4.82. The second-order valence-corrected chi connectivity index (χ2v) is 9.96. The largest absolute Gasteiger partial charge is 0.482 e. The van der Waals surface area contributed by atoms with E-state index in [9.17, 15) is 19.2 Å². The first-order valence-corrected chi connectivity index (χ1v) is 13.9. The van der Waals surface area contributed by atoms with E-state index >= 15 is 0 Å². The number of benzene rings is 4. The molecule has 12 heteroatoms. The molecule has 12 nitrogen and oxygen atoms in total. The second kappa shape index (κ2) is 15.6. The molecule has 0 bridgehead atoms. The third kappa shape index (κ3) is 9.48. The van der Waals surface area contributed by atoms with Gasteiger partial charge in [-0.25, -0.2) is 19.2 Å². The Morgan fingerprint density at radius 2 is 0.543 bits per heavy atom. The van der Waals surface area contributed by atoms with Gasteiger partial charge in [0.15, 0.2) is 26.4 Å². The van der Waals surface area contributed by atoms with Crippen LogP contribution in [0.4, 0.5) is 0 Å². The quantitative estimate of drug-likeness (QED) is 0.128. The van der Waals surface area contributed by atoms with Crippen LogP contribution in [-0.4, -0.2) is 70.7 Å². The van der Waals surface area contributed by atoms with E-state index in [1.54, 1.807) is 48.5 Å². The van der Waals surface area contributed by atoms with Gasteiger partial charge in [0.05, 0.1) is 0 Å². The first kappa shape index (κ1) is 32.9. The van der Waals surface area contributed by atoms with Gasteiger partial charge in [0.1, 0.15) is 23.0 Å². The molecule has 0 aliphatic carbocycles. The van der Waals surface area contributed by atoms with Crippen molar-refractivity contribution in [3.05, 3.63) is 119 Å². The summed E-state index contributed by atoms with van der Waals surface area (Å²) >= 11 is 0. The molecule has 0 atom stereocenters. The smallest absolute Gasteiger partial charge is 0.341 e. The Morgan fingerprint density at radius 3 is 0.696 bits per heavy atom. The molecule has 0 fully saturated rings. The van der Waals surface area contributed by atoms with Crippen molar-refractivity contribution in [2.75, 3.05) is 26.4 Å². The predicted molar refractivity (Wildman–Crippen MR) is 162 cm³/mol. The van der Waals surface area contributed by atoms with Crippen LogP contribution >= 0.6 is 0 Å². The minimum atomic E-state index is -1.11. The first-order chi connectivity index (χ1) is 22.1. The van der Waals surface area contributed by atoms with E-state index in [4.69, 9.17) is 39.4 Å². The zero-order valence-electron chi connectivity index (χ0n) is 24.3. The Bertz CT molecular complexity index is 1380. The number of ether oxygens (including phenoxy) is 4. The van der Waals surface area contributed by atoms with Crippen molar-refractivity contribution in [3.8, 4) is 23.0 Å². The minimum absolute atomic E-state index is 0.360. The summed E-state index contributed by atoms with van der Waals surface area (Å²) < 4.78 is 21.3. The molecule has 0 aliphatic rings. The molecule has 0 spiro atoms. The van der Waals surface area contributed by atoms with Gasteiger partial charge in [-0.2, -0.15) is 0 Å². The van der Waals surface area contributed by atoms with E-state index in [0.29, 0.717) is 23.0 Å². The maximum atomic E-state index is 11.0. The summed E-state index contributed by atoms with van der Waals surface area (Å²) in [5, 5.41) is 36.0. The lowest BCUT2D eigenvalue weighted by Gasteiger charge is -2.30. The molecule has 0 heterocycles. The number of aliphatic carboxylic acids is 4. The highest BCUT2D eigenvalue weighted by Gasteiger charge is 2.29. The van der Waals surface area contributed by atoms with Crippen molar-refractivity contribution in [2.24, 2.45) is 0 Å². The van der Waals surface area contributed by atoms with Gasteiger partial charge in [-0.1, -0.05) is 48.5 Å². The number of carbonyl (C=O) groups is 4. The van der Waals surface area contributed by atoms with Gasteiger partial charge in [-0.15, -0.1) is 0 Å². The molecule has 0 unspecified atom stereocenters. The Morgan fingerprint density at radius 1 is 0.370 bits per heavy atom. The van der Waals surface area contributed by atoms with Gasteiger partial charge in [0, 0.05) is 11.8 Å². The number of rotatable bonds is 17. The third-order valence-electron chi connectivity index (χ3n) is 6.74. The maximum absolute atomic E-state index is 11.0. The molecule has 46 heavy (non-hydrogen) atoms. The summed E-state index contributed by atoms with van der Waals surface area (Å²) in [4.78, 5) is 44.0. The predicted octanol–water partition coefficient (Wildman–Crippen LogP) is 4.50. The van der Waals surface area contributed by atoms with Crippen LogP contribution < -0.4 is 18.9 Å². The van der Waals surface area contributed by atoms with Gasteiger partial charge in [0.2, 0.25) is 0 Å². The molecule has 4 aromatic carbocycles. The molecule has 4 aromatic rings. The molecule has 0 saturated heterocycles. The number of carboxylic acids is 4. The lowest BCUT2D eigenvalue weighted by molar-refractivity contribution is -0.140. The zero-order valence-corrected chi connectivity index (χ0v) is 24.3. The summed E-state index contributed by atoms with van der Waals surface area (Å²) in [6.07, 6.45) is 0. The highest BCUT2D eigenvalue weighted by atomic mass is 16.5. The molecular weight excluding hydrogens is 600 g/mol. The topological polar surface area (TPSA) is 186 Å². The van der Waals surface area contributed by atoms with Crippen LogP contribution in [0.15, 0.2) is 97.1 Å². The van der Waals surface area contributed by atoms with Crippen molar-refractivity contribution in [2.45, 2.75) is 11.8 Å². The molecular formula is C34H30O12. The van der Waals surface area contributed by atoms with E-state index in [-0.39, 0.29) is 0 Å². The Balaban J connectivity index is 1.80. The molecule has 4 N–H and O–H groups in total. The van der Waals surface area contributed by atoms with Crippen LogP contribution in [0.3, 0.4) is 0 Å². The van der Waals surface area contributed by atoms with Crippen molar-refractivity contribution < 1.29 is 58.6 Å². The van der Waals surface area contributed by atoms with Crippen LogP contribution in [0.5, 0.6) is 23.0 Å². The summed E-state index contributed by atoms with van der Waals surface area (Å²) in [5.74, 6) is -3.79. The molecule has 0 amide bonds. The molecule has 0 aromatic heterocycles. The van der Waals surface area contributed by atoms with Crippen LogP contribution in [0.1, 0.15) is 34.1 Å². The average Bonchev–Trinajstić information content (AvgIpc) is 3.04. The Labute approximate surface area is 263 Å². The number of hydrogen-bond acceptors (Lipinski definition) is 8. The first-order valence-electron chi connectivity index (χ1n) is 13.9. The number of hydrogen-bond donors (Lipinski definition) is 4. The van der Waals surface area contributed by atoms with Crippen LogP contribution in [0.2, 0.25) is 0 Å². The van der Waals surface area contributed by atoms with Crippen molar-refractivity contribution >= 4 is 23.9 Å². The Kier molecular flexibility index (Phi) is 11.2. The fraction of sp³-hybridized carbons (Fsp3) is 0.176. The van der Waals surface area contributed by atoms with Gasteiger partial charge in [0.25, 0.3) is 0 Å².